The number of halogens is 1. The van der Waals surface area contributed by atoms with Crippen molar-refractivity contribution in [2.24, 2.45) is 0 Å². The smallest absolute Gasteiger partial charge is 0.233 e. The van der Waals surface area contributed by atoms with E-state index in [1.165, 1.54) is 11.8 Å². The second kappa shape index (κ2) is 7.17. The molecule has 0 saturated carbocycles. The van der Waals surface area contributed by atoms with Crippen LogP contribution in [0.4, 0.5) is 0 Å². The van der Waals surface area contributed by atoms with Crippen LogP contribution in [0.2, 0.25) is 5.02 Å². The zero-order chi connectivity index (χ0) is 14.5. The summed E-state index contributed by atoms with van der Waals surface area (Å²) in [6.45, 7) is 5.73. The molecule has 1 atom stereocenters. The van der Waals surface area contributed by atoms with Crippen molar-refractivity contribution in [3.05, 3.63) is 29.3 Å². The van der Waals surface area contributed by atoms with Crippen LogP contribution in [-0.4, -0.2) is 28.4 Å². The number of aliphatic hydroxyl groups excluding tert-OH is 1. The maximum absolute atomic E-state index is 12.1. The van der Waals surface area contributed by atoms with Gasteiger partial charge < -0.3 is 10.4 Å². The number of amides is 1. The molecule has 0 saturated heterocycles. The van der Waals surface area contributed by atoms with E-state index in [4.69, 9.17) is 16.7 Å². The van der Waals surface area contributed by atoms with Crippen molar-refractivity contribution in [1.82, 2.24) is 5.32 Å². The Morgan fingerprint density at radius 1 is 1.42 bits per heavy atom. The van der Waals surface area contributed by atoms with E-state index >= 15 is 0 Å². The Hall–Kier alpha value is -0.710. The van der Waals surface area contributed by atoms with E-state index in [9.17, 15) is 4.79 Å². The maximum atomic E-state index is 12.1. The normalized spacial score (nSPS) is 13.1. The van der Waals surface area contributed by atoms with Crippen molar-refractivity contribution in [3.63, 3.8) is 0 Å². The third-order valence-corrected chi connectivity index (χ3v) is 4.06. The molecular weight excluding hydrogens is 282 g/mol. The number of nitrogens with one attached hydrogen (secondary N) is 1. The number of carbonyl (C=O) groups is 1. The van der Waals surface area contributed by atoms with Crippen molar-refractivity contribution >= 4 is 29.3 Å². The summed E-state index contributed by atoms with van der Waals surface area (Å²) in [5, 5.41) is 12.4. The number of hydrogen-bond donors (Lipinski definition) is 2. The van der Waals surface area contributed by atoms with Crippen LogP contribution in [0.3, 0.4) is 0 Å². The van der Waals surface area contributed by atoms with Crippen LogP contribution >= 0.6 is 23.4 Å². The fourth-order valence-electron chi connectivity index (χ4n) is 1.55. The number of thioether (sulfide) groups is 1. The SMILES string of the molecule is CC(Sc1ccc(Cl)cc1)C(=O)NC(C)(C)CCO. The van der Waals surface area contributed by atoms with E-state index in [0.717, 1.165) is 4.90 Å². The predicted octanol–water partition coefficient (Wildman–Crippen LogP) is 3.10. The summed E-state index contributed by atoms with van der Waals surface area (Å²) in [4.78, 5) is 13.1. The van der Waals surface area contributed by atoms with Crippen molar-refractivity contribution in [3.8, 4) is 0 Å². The molecule has 3 nitrogen and oxygen atoms in total. The van der Waals surface area contributed by atoms with Gasteiger partial charge in [-0.3, -0.25) is 4.79 Å². The van der Waals surface area contributed by atoms with Gasteiger partial charge in [-0.2, -0.15) is 0 Å². The molecule has 0 radical (unpaired) electrons. The Morgan fingerprint density at radius 3 is 2.53 bits per heavy atom. The molecule has 0 spiro atoms. The van der Waals surface area contributed by atoms with Crippen molar-refractivity contribution in [2.75, 3.05) is 6.61 Å². The van der Waals surface area contributed by atoms with Gasteiger partial charge in [-0.25, -0.2) is 0 Å². The van der Waals surface area contributed by atoms with E-state index in [1.54, 1.807) is 0 Å². The first-order valence-corrected chi connectivity index (χ1v) is 7.45. The molecule has 0 aromatic heterocycles. The highest BCUT2D eigenvalue weighted by Gasteiger charge is 2.23. The van der Waals surface area contributed by atoms with Gasteiger partial charge in [-0.15, -0.1) is 11.8 Å². The zero-order valence-corrected chi connectivity index (χ0v) is 13.0. The van der Waals surface area contributed by atoms with Crippen LogP contribution in [-0.2, 0) is 4.79 Å². The summed E-state index contributed by atoms with van der Waals surface area (Å²) >= 11 is 7.31. The largest absolute Gasteiger partial charge is 0.396 e. The van der Waals surface area contributed by atoms with Gasteiger partial charge in [0.25, 0.3) is 0 Å². The molecular formula is C14H20ClNO2S. The van der Waals surface area contributed by atoms with Crippen LogP contribution in [0.1, 0.15) is 27.2 Å². The van der Waals surface area contributed by atoms with Crippen LogP contribution in [0.5, 0.6) is 0 Å². The van der Waals surface area contributed by atoms with Gasteiger partial charge in [0.05, 0.1) is 5.25 Å². The maximum Gasteiger partial charge on any atom is 0.233 e. The van der Waals surface area contributed by atoms with Gasteiger partial charge in [-0.05, 0) is 51.5 Å². The molecule has 1 rings (SSSR count). The lowest BCUT2D eigenvalue weighted by Crippen LogP contribution is -2.47. The summed E-state index contributed by atoms with van der Waals surface area (Å²) in [7, 11) is 0. The molecule has 0 aliphatic heterocycles. The predicted molar refractivity (Wildman–Crippen MR) is 80.7 cm³/mol. The molecule has 1 amide bonds. The summed E-state index contributed by atoms with van der Waals surface area (Å²) in [6, 6.07) is 7.42. The summed E-state index contributed by atoms with van der Waals surface area (Å²) in [5.74, 6) is -0.0293. The Balaban J connectivity index is 2.55. The Kier molecular flexibility index (Phi) is 6.17. The highest BCUT2D eigenvalue weighted by Crippen LogP contribution is 2.25. The summed E-state index contributed by atoms with van der Waals surface area (Å²) in [5.41, 5.74) is -0.388. The second-order valence-corrected chi connectivity index (χ2v) is 6.91. The Bertz CT molecular complexity index is 420. The molecule has 1 aromatic carbocycles. The molecule has 1 unspecified atom stereocenters. The molecule has 0 aliphatic rings. The molecule has 106 valence electrons. The first-order chi connectivity index (χ1) is 8.84. The minimum absolute atomic E-state index is 0.0293. The molecule has 19 heavy (non-hydrogen) atoms. The topological polar surface area (TPSA) is 49.3 Å². The summed E-state index contributed by atoms with van der Waals surface area (Å²) in [6.07, 6.45) is 0.539. The first kappa shape index (κ1) is 16.3. The third kappa shape index (κ3) is 5.85. The molecule has 2 N–H and O–H groups in total. The number of hydrogen-bond acceptors (Lipinski definition) is 3. The monoisotopic (exact) mass is 301 g/mol. The van der Waals surface area contributed by atoms with Crippen molar-refractivity contribution < 1.29 is 9.90 Å². The van der Waals surface area contributed by atoms with Crippen LogP contribution < -0.4 is 5.32 Å². The highest BCUT2D eigenvalue weighted by atomic mass is 35.5. The fraction of sp³-hybridized carbons (Fsp3) is 0.500. The lowest BCUT2D eigenvalue weighted by molar-refractivity contribution is -0.122. The van der Waals surface area contributed by atoms with E-state index < -0.39 is 0 Å². The quantitative estimate of drug-likeness (QED) is 0.794. The Morgan fingerprint density at radius 2 is 2.00 bits per heavy atom. The van der Waals surface area contributed by atoms with Gasteiger partial charge in [0.15, 0.2) is 0 Å². The van der Waals surface area contributed by atoms with Crippen LogP contribution in [0.15, 0.2) is 29.2 Å². The molecule has 1 aromatic rings. The van der Waals surface area contributed by atoms with Crippen molar-refractivity contribution in [1.29, 1.82) is 0 Å². The number of rotatable bonds is 6. The Labute approximate surface area is 123 Å². The molecule has 0 heterocycles. The minimum atomic E-state index is -0.388. The van der Waals surface area contributed by atoms with E-state index in [1.807, 2.05) is 45.0 Å². The van der Waals surface area contributed by atoms with Gasteiger partial charge in [0.1, 0.15) is 0 Å². The lowest BCUT2D eigenvalue weighted by Gasteiger charge is -2.27. The van der Waals surface area contributed by atoms with Gasteiger partial charge in [0.2, 0.25) is 5.91 Å². The molecule has 0 bridgehead atoms. The lowest BCUT2D eigenvalue weighted by atomic mass is 10.0. The fourth-order valence-corrected chi connectivity index (χ4v) is 2.54. The average molecular weight is 302 g/mol. The first-order valence-electron chi connectivity index (χ1n) is 6.19. The number of carbonyl (C=O) groups excluding carboxylic acids is 1. The number of benzene rings is 1. The van der Waals surface area contributed by atoms with E-state index in [-0.39, 0.29) is 23.3 Å². The van der Waals surface area contributed by atoms with E-state index in [2.05, 4.69) is 5.32 Å². The van der Waals surface area contributed by atoms with Crippen LogP contribution in [0.25, 0.3) is 0 Å². The minimum Gasteiger partial charge on any atom is -0.396 e. The zero-order valence-electron chi connectivity index (χ0n) is 11.4. The average Bonchev–Trinajstić information content (AvgIpc) is 2.31. The van der Waals surface area contributed by atoms with Gasteiger partial charge >= 0.3 is 0 Å². The molecule has 0 aliphatic carbocycles. The highest BCUT2D eigenvalue weighted by molar-refractivity contribution is 8.00. The number of aliphatic hydroxyl groups is 1. The third-order valence-electron chi connectivity index (χ3n) is 2.69. The van der Waals surface area contributed by atoms with Gasteiger partial charge in [0, 0.05) is 22.1 Å². The van der Waals surface area contributed by atoms with E-state index in [0.29, 0.717) is 11.4 Å². The van der Waals surface area contributed by atoms with Crippen molar-refractivity contribution in [2.45, 2.75) is 42.9 Å². The summed E-state index contributed by atoms with van der Waals surface area (Å²) < 4.78 is 0. The molecule has 0 fully saturated rings. The molecule has 5 heteroatoms. The van der Waals surface area contributed by atoms with Crippen LogP contribution in [0, 0.1) is 0 Å². The standard InChI is InChI=1S/C14H20ClNO2S/c1-10(13(18)16-14(2,3)8-9-17)19-12-6-4-11(15)5-7-12/h4-7,10,17H,8-9H2,1-3H3,(H,16,18). The van der Waals surface area contributed by atoms with Gasteiger partial charge in [-0.1, -0.05) is 11.6 Å². The second-order valence-electron chi connectivity index (χ2n) is 5.06.